The highest BCUT2D eigenvalue weighted by Gasteiger charge is 2.17. The van der Waals surface area contributed by atoms with Crippen LogP contribution in [0.15, 0.2) is 18.2 Å². The number of aromatic hydroxyl groups is 1. The maximum Gasteiger partial charge on any atom is 0.123 e. The Labute approximate surface area is 122 Å². The molecule has 2 rings (SSSR count). The molecule has 0 radical (unpaired) electrons. The normalized spacial score (nSPS) is 15.9. The van der Waals surface area contributed by atoms with Gasteiger partial charge in [0.1, 0.15) is 11.5 Å². The van der Waals surface area contributed by atoms with E-state index in [2.05, 4.69) is 18.9 Å². The lowest BCUT2D eigenvalue weighted by Crippen LogP contribution is -2.24. The summed E-state index contributed by atoms with van der Waals surface area (Å²) in [6, 6.07) is 5.66. The van der Waals surface area contributed by atoms with Gasteiger partial charge in [0.15, 0.2) is 0 Å². The lowest BCUT2D eigenvalue weighted by atomic mass is 10.1. The van der Waals surface area contributed by atoms with Crippen molar-refractivity contribution >= 4 is 0 Å². The lowest BCUT2D eigenvalue weighted by Gasteiger charge is -2.21. The molecule has 0 amide bonds. The molecule has 1 aromatic carbocycles. The number of nitrogens with zero attached hydrogens (tertiary/aromatic N) is 1. The summed E-state index contributed by atoms with van der Waals surface area (Å²) < 4.78 is 5.53. The van der Waals surface area contributed by atoms with Gasteiger partial charge < -0.3 is 14.7 Å². The molecule has 0 unspecified atom stereocenters. The van der Waals surface area contributed by atoms with E-state index < -0.39 is 0 Å². The zero-order valence-electron chi connectivity index (χ0n) is 12.8. The number of benzene rings is 1. The molecular formula is C17H27NO2. The Hall–Kier alpha value is -1.22. The monoisotopic (exact) mass is 277 g/mol. The van der Waals surface area contributed by atoms with E-state index >= 15 is 0 Å². The van der Waals surface area contributed by atoms with Crippen LogP contribution >= 0.6 is 0 Å². The van der Waals surface area contributed by atoms with Crippen LogP contribution in [0.3, 0.4) is 0 Å². The van der Waals surface area contributed by atoms with E-state index in [0.717, 1.165) is 36.7 Å². The number of ether oxygens (including phenoxy) is 1. The van der Waals surface area contributed by atoms with Crippen molar-refractivity contribution in [3.8, 4) is 11.5 Å². The van der Waals surface area contributed by atoms with Crippen molar-refractivity contribution in [1.29, 1.82) is 0 Å². The van der Waals surface area contributed by atoms with Crippen LogP contribution in [0.5, 0.6) is 11.5 Å². The summed E-state index contributed by atoms with van der Waals surface area (Å²) in [5, 5.41) is 10.1. The first-order valence-electron chi connectivity index (χ1n) is 7.82. The van der Waals surface area contributed by atoms with Crippen molar-refractivity contribution < 1.29 is 9.84 Å². The fraction of sp³-hybridized carbons (Fsp3) is 0.647. The number of hydrogen-bond acceptors (Lipinski definition) is 3. The molecule has 1 aliphatic rings. The molecular weight excluding hydrogens is 250 g/mol. The van der Waals surface area contributed by atoms with Crippen LogP contribution < -0.4 is 4.74 Å². The molecule has 0 atom stereocenters. The molecule has 0 heterocycles. The molecule has 3 nitrogen and oxygen atoms in total. The molecule has 0 saturated heterocycles. The lowest BCUT2D eigenvalue weighted by molar-refractivity contribution is 0.267. The first-order chi connectivity index (χ1) is 9.69. The van der Waals surface area contributed by atoms with E-state index in [1.54, 1.807) is 6.07 Å². The van der Waals surface area contributed by atoms with Crippen LogP contribution in [0.25, 0.3) is 0 Å². The summed E-state index contributed by atoms with van der Waals surface area (Å²) in [6.07, 6.45) is 6.47. The Kier molecular flexibility index (Phi) is 5.72. The first-order valence-corrected chi connectivity index (χ1v) is 7.82. The van der Waals surface area contributed by atoms with Gasteiger partial charge in [0.2, 0.25) is 0 Å². The third kappa shape index (κ3) is 4.41. The smallest absolute Gasteiger partial charge is 0.123 e. The average molecular weight is 277 g/mol. The average Bonchev–Trinajstić information content (AvgIpc) is 2.92. The van der Waals surface area contributed by atoms with Gasteiger partial charge in [0, 0.05) is 24.7 Å². The van der Waals surface area contributed by atoms with E-state index in [-0.39, 0.29) is 0 Å². The maximum atomic E-state index is 10.1. The molecule has 0 bridgehead atoms. The predicted molar refractivity (Wildman–Crippen MR) is 82.2 cm³/mol. The van der Waals surface area contributed by atoms with E-state index in [1.807, 2.05) is 12.1 Å². The molecule has 1 aliphatic carbocycles. The Morgan fingerprint density at radius 3 is 2.70 bits per heavy atom. The van der Waals surface area contributed by atoms with E-state index in [9.17, 15) is 5.11 Å². The summed E-state index contributed by atoms with van der Waals surface area (Å²) in [4.78, 5) is 2.32. The molecule has 1 aromatic rings. The predicted octanol–water partition coefficient (Wildman–Crippen LogP) is 3.80. The Morgan fingerprint density at radius 2 is 2.05 bits per heavy atom. The second kappa shape index (κ2) is 7.53. The van der Waals surface area contributed by atoms with Gasteiger partial charge in [0.05, 0.1) is 6.61 Å². The van der Waals surface area contributed by atoms with Crippen molar-refractivity contribution in [3.63, 3.8) is 0 Å². The summed E-state index contributed by atoms with van der Waals surface area (Å²) in [5.41, 5.74) is 0.981. The summed E-state index contributed by atoms with van der Waals surface area (Å²) >= 11 is 0. The fourth-order valence-electron chi connectivity index (χ4n) is 2.98. The van der Waals surface area contributed by atoms with Crippen molar-refractivity contribution in [2.45, 2.75) is 45.6 Å². The number of phenolic OH excluding ortho intramolecular Hbond substituents is 1. The van der Waals surface area contributed by atoms with Crippen LogP contribution in [0.4, 0.5) is 0 Å². The van der Waals surface area contributed by atoms with Gasteiger partial charge in [-0.1, -0.05) is 25.8 Å². The second-order valence-corrected chi connectivity index (χ2v) is 5.99. The maximum absolute atomic E-state index is 10.1. The molecule has 0 aromatic heterocycles. The summed E-state index contributed by atoms with van der Waals surface area (Å²) in [5.74, 6) is 1.94. The molecule has 3 heteroatoms. The first kappa shape index (κ1) is 15.2. The van der Waals surface area contributed by atoms with Crippen LogP contribution in [-0.4, -0.2) is 30.2 Å². The second-order valence-electron chi connectivity index (χ2n) is 5.99. The van der Waals surface area contributed by atoms with E-state index in [4.69, 9.17) is 4.74 Å². The minimum atomic E-state index is 0.344. The highest BCUT2D eigenvalue weighted by atomic mass is 16.5. The molecule has 1 N–H and O–H groups in total. The topological polar surface area (TPSA) is 32.7 Å². The van der Waals surface area contributed by atoms with E-state index in [0.29, 0.717) is 12.4 Å². The minimum absolute atomic E-state index is 0.344. The summed E-state index contributed by atoms with van der Waals surface area (Å²) in [7, 11) is 2.14. The molecule has 0 aliphatic heterocycles. The zero-order valence-corrected chi connectivity index (χ0v) is 12.8. The Balaban J connectivity index is 1.87. The van der Waals surface area contributed by atoms with Gasteiger partial charge in [-0.3, -0.25) is 0 Å². The van der Waals surface area contributed by atoms with Gasteiger partial charge in [-0.15, -0.1) is 0 Å². The number of phenols is 1. The summed E-state index contributed by atoms with van der Waals surface area (Å²) in [6.45, 7) is 4.70. The third-order valence-electron chi connectivity index (χ3n) is 4.01. The van der Waals surface area contributed by atoms with Gasteiger partial charge in [-0.2, -0.15) is 0 Å². The van der Waals surface area contributed by atoms with Crippen LogP contribution in [0.1, 0.15) is 44.6 Å². The van der Waals surface area contributed by atoms with Gasteiger partial charge in [0.25, 0.3) is 0 Å². The van der Waals surface area contributed by atoms with Crippen LogP contribution in [0, 0.1) is 5.92 Å². The third-order valence-corrected chi connectivity index (χ3v) is 4.01. The van der Waals surface area contributed by atoms with Gasteiger partial charge in [-0.05, 0) is 38.3 Å². The molecule has 1 fully saturated rings. The molecule has 1 saturated carbocycles. The van der Waals surface area contributed by atoms with Crippen LogP contribution in [0.2, 0.25) is 0 Å². The fourth-order valence-corrected chi connectivity index (χ4v) is 2.98. The highest BCUT2D eigenvalue weighted by molar-refractivity contribution is 5.39. The van der Waals surface area contributed by atoms with Crippen molar-refractivity contribution in [3.05, 3.63) is 23.8 Å². The quantitative estimate of drug-likeness (QED) is 0.822. The Bertz CT molecular complexity index is 413. The number of rotatable bonds is 7. The van der Waals surface area contributed by atoms with Gasteiger partial charge in [-0.25, -0.2) is 0 Å². The SMILES string of the molecule is CCCOc1ccc(CN(C)CC2CCCC2)c(O)c1. The van der Waals surface area contributed by atoms with Crippen LogP contribution in [-0.2, 0) is 6.54 Å². The van der Waals surface area contributed by atoms with E-state index in [1.165, 1.54) is 25.7 Å². The highest BCUT2D eigenvalue weighted by Crippen LogP contribution is 2.28. The molecule has 112 valence electrons. The number of hydrogen-bond donors (Lipinski definition) is 1. The standard InChI is InChI=1S/C17H27NO2/c1-3-10-20-16-9-8-15(17(19)11-16)13-18(2)12-14-6-4-5-7-14/h8-9,11,14,19H,3-7,10,12-13H2,1-2H3. The largest absolute Gasteiger partial charge is 0.507 e. The van der Waals surface area contributed by atoms with Crippen molar-refractivity contribution in [2.75, 3.05) is 20.2 Å². The van der Waals surface area contributed by atoms with Crippen molar-refractivity contribution in [2.24, 2.45) is 5.92 Å². The minimum Gasteiger partial charge on any atom is -0.507 e. The zero-order chi connectivity index (χ0) is 14.4. The Morgan fingerprint density at radius 1 is 1.30 bits per heavy atom. The molecule has 0 spiro atoms. The molecule has 20 heavy (non-hydrogen) atoms. The van der Waals surface area contributed by atoms with Gasteiger partial charge >= 0.3 is 0 Å². The van der Waals surface area contributed by atoms with Crippen molar-refractivity contribution in [1.82, 2.24) is 4.90 Å².